The minimum Gasteiger partial charge on any atom is -0.496 e. The number of carbonyl (C=O) groups is 6. The lowest BCUT2D eigenvalue weighted by molar-refractivity contribution is -0.158. The topological polar surface area (TPSA) is 324 Å². The van der Waals surface area contributed by atoms with E-state index in [0.29, 0.717) is 79.4 Å². The minimum absolute atomic E-state index is 0.0123. The molecule has 552 valence electrons. The van der Waals surface area contributed by atoms with Crippen LogP contribution in [0.5, 0.6) is 11.5 Å². The molecule has 6 aliphatic heterocycles. The molecule has 0 unspecified atom stereocenters. The third kappa shape index (κ3) is 16.9. The van der Waals surface area contributed by atoms with Crippen molar-refractivity contribution in [3.63, 3.8) is 0 Å². The molecule has 0 aromatic heterocycles. The molecule has 14 atom stereocenters. The number of benzene rings is 4. The lowest BCUT2D eigenvalue weighted by Crippen LogP contribution is -2.63. The fourth-order valence-corrected chi connectivity index (χ4v) is 14.4. The molecule has 0 spiro atoms. The lowest BCUT2D eigenvalue weighted by atomic mass is 9.83. The number of halogens is 2. The van der Waals surface area contributed by atoms with Gasteiger partial charge in [-0.15, -0.1) is 0 Å². The van der Waals surface area contributed by atoms with E-state index in [2.05, 4.69) is 10.6 Å². The van der Waals surface area contributed by atoms with E-state index < -0.39 is 119 Å². The van der Waals surface area contributed by atoms with Crippen molar-refractivity contribution in [3.05, 3.63) is 129 Å². The number of fused-ring (bicyclic) bond motifs is 10. The molecule has 26 heteroatoms. The zero-order valence-corrected chi connectivity index (χ0v) is 62.2. The molecule has 102 heavy (non-hydrogen) atoms. The maximum atomic E-state index is 14.4. The van der Waals surface area contributed by atoms with E-state index in [1.165, 1.54) is 24.0 Å². The molecule has 8 bridgehead atoms. The summed E-state index contributed by atoms with van der Waals surface area (Å²) in [4.78, 5) is 83.5. The minimum atomic E-state index is -1.79. The second kappa shape index (κ2) is 31.4. The molecule has 6 heterocycles. The Kier molecular flexibility index (Phi) is 24.0. The molecular weight excluding hydrogens is 1360 g/mol. The summed E-state index contributed by atoms with van der Waals surface area (Å²) in [6.07, 6.45) is 2.93. The highest BCUT2D eigenvalue weighted by molar-refractivity contribution is 6.34. The van der Waals surface area contributed by atoms with Crippen LogP contribution in [0.4, 0.5) is 32.3 Å². The normalized spacial score (nSPS) is 31.5. The number of epoxide rings is 2. The fraction of sp³-hybridized carbons (Fsp3) is 0.500. The highest BCUT2D eigenvalue weighted by Crippen LogP contribution is 2.52. The van der Waals surface area contributed by atoms with E-state index in [0.717, 1.165) is 22.3 Å². The van der Waals surface area contributed by atoms with E-state index in [-0.39, 0.29) is 37.5 Å². The van der Waals surface area contributed by atoms with E-state index >= 15 is 0 Å². The summed E-state index contributed by atoms with van der Waals surface area (Å²) in [6.45, 7) is 18.0. The number of hydrogen-bond acceptors (Lipinski definition) is 20. The van der Waals surface area contributed by atoms with Crippen molar-refractivity contribution in [3.8, 4) is 33.8 Å². The summed E-state index contributed by atoms with van der Waals surface area (Å²) in [5, 5.41) is 29.2. The first-order valence-corrected chi connectivity index (χ1v) is 34.8. The van der Waals surface area contributed by atoms with Crippen molar-refractivity contribution in [1.29, 1.82) is 0 Å². The van der Waals surface area contributed by atoms with Crippen LogP contribution in [0.1, 0.15) is 106 Å². The van der Waals surface area contributed by atoms with E-state index in [1.807, 2.05) is 64.1 Å². The summed E-state index contributed by atoms with van der Waals surface area (Å²) in [5.74, 6) is -2.59. The zero-order valence-electron chi connectivity index (χ0n) is 60.6. The van der Waals surface area contributed by atoms with Crippen molar-refractivity contribution in [2.45, 2.75) is 179 Å². The molecule has 8 N–H and O–H groups in total. The molecule has 4 saturated heterocycles. The van der Waals surface area contributed by atoms with Crippen LogP contribution in [0.15, 0.2) is 108 Å². The number of nitrogens with two attached hydrogens (primary N) is 2. The van der Waals surface area contributed by atoms with Crippen LogP contribution in [0.25, 0.3) is 22.3 Å². The van der Waals surface area contributed by atoms with Gasteiger partial charge in [-0.25, -0.2) is 9.59 Å². The second-order valence-corrected chi connectivity index (χ2v) is 29.2. The van der Waals surface area contributed by atoms with Crippen LogP contribution in [0, 0.1) is 23.7 Å². The van der Waals surface area contributed by atoms with Gasteiger partial charge in [0, 0.05) is 86.6 Å². The van der Waals surface area contributed by atoms with Gasteiger partial charge in [0.2, 0.25) is 11.8 Å². The number of esters is 2. The Labute approximate surface area is 605 Å². The standard InChI is InChI=1S/2C38H48ClN3O9/c2*1-20(2)35(44)50-31-18-32(43)42(6)27-15-23(16-28(47-7)33(27)25-13-12-24(40)17-26(25)39)14-21(3)10-9-11-30(48-8)38(46)19-29(49-36(45)41-38)22(4)34-37(31,5)51-34/h2*9-13,15-17,20,22,29-31,34,46H,14,18-19,40H2,1-8H3,(H,41,45)/b2*11-9+,21-10+/t2*22-,29+,30-,31+,34+,37+,38+/m11/s1. The number of nitrogen functional groups attached to an aromatic ring is 2. The fourth-order valence-electron chi connectivity index (χ4n) is 13.9. The van der Waals surface area contributed by atoms with Gasteiger partial charge in [0.05, 0.1) is 72.5 Å². The second-order valence-electron chi connectivity index (χ2n) is 28.4. The largest absolute Gasteiger partial charge is 0.496 e. The molecule has 4 amide bonds. The predicted molar refractivity (Wildman–Crippen MR) is 387 cm³/mol. The molecule has 24 nitrogen and oxygen atoms in total. The number of nitrogens with one attached hydrogen (secondary N) is 2. The first-order chi connectivity index (χ1) is 48.0. The van der Waals surface area contributed by atoms with E-state index in [9.17, 15) is 39.0 Å². The zero-order chi connectivity index (χ0) is 74.8. The Balaban J connectivity index is 0.000000237. The maximum Gasteiger partial charge on any atom is 0.409 e. The van der Waals surface area contributed by atoms with Crippen molar-refractivity contribution < 1.29 is 86.3 Å². The molecule has 4 fully saturated rings. The van der Waals surface area contributed by atoms with Gasteiger partial charge < -0.3 is 78.8 Å². The van der Waals surface area contributed by atoms with Crippen LogP contribution >= 0.6 is 23.2 Å². The number of nitrogens with zero attached hydrogens (tertiary/aromatic N) is 2. The number of allylic oxidation sites excluding steroid dienone is 6. The summed E-state index contributed by atoms with van der Waals surface area (Å²) in [5.41, 5.74) is 14.2. The SMILES string of the molecule is COc1cc2cc(c1-c1ccc(N)cc1Cl)N(C)C(=O)C[C@H](OC(=O)C(C)C)[C@]1(C)O[C@H]1[C@H](C)[C@@H]1C[C@@](O)(NC(=O)O1)[C@H](OC)/C=C/C=C(\C)C2.COc1cc2cc(c1-c1ccc(N)cc1Cl)N(C)C(=O)C[C@H](OC(=O)C(C)C)[C@]1(C)O[C@H]1[C@H](C)[C@@H]1C[C@@](O)(NC(=O)O1)[C@H](OC)/C=C/C=C(\C)C2. The van der Waals surface area contributed by atoms with Gasteiger partial charge in [-0.2, -0.15) is 0 Å². The average Bonchev–Trinajstić information content (AvgIpc) is 1.56. The Morgan fingerprint density at radius 2 is 0.961 bits per heavy atom. The number of anilines is 4. The summed E-state index contributed by atoms with van der Waals surface area (Å²) in [7, 11) is 9.31. The molecule has 6 aliphatic rings. The quantitative estimate of drug-likeness (QED) is 0.0372. The Morgan fingerprint density at radius 1 is 0.598 bits per heavy atom. The Hall–Kier alpha value is -8.20. The average molecular weight is 1450 g/mol. The smallest absolute Gasteiger partial charge is 0.409 e. The van der Waals surface area contributed by atoms with Crippen LogP contribution < -0.4 is 41.4 Å². The van der Waals surface area contributed by atoms with Crippen molar-refractivity contribution >= 4 is 81.9 Å². The predicted octanol–water partition coefficient (Wildman–Crippen LogP) is 11.1. The molecule has 0 saturated carbocycles. The number of hydrogen-bond donors (Lipinski definition) is 6. The van der Waals surface area contributed by atoms with Crippen LogP contribution in [0.2, 0.25) is 10.0 Å². The highest BCUT2D eigenvalue weighted by Gasteiger charge is 2.66. The van der Waals surface area contributed by atoms with Gasteiger partial charge >= 0.3 is 24.1 Å². The van der Waals surface area contributed by atoms with Gasteiger partial charge in [-0.1, -0.05) is 124 Å². The first kappa shape index (κ1) is 77.9. The monoisotopic (exact) mass is 1450 g/mol. The molecule has 0 radical (unpaired) electrons. The maximum absolute atomic E-state index is 14.4. The van der Waals surface area contributed by atoms with Crippen molar-refractivity contribution in [1.82, 2.24) is 10.6 Å². The summed E-state index contributed by atoms with van der Waals surface area (Å²) in [6, 6.07) is 17.9. The number of alkyl carbamates (subject to hydrolysis) is 2. The molecular formula is C76H96Cl2N6O18. The van der Waals surface area contributed by atoms with Crippen molar-refractivity contribution in [2.24, 2.45) is 23.7 Å². The van der Waals surface area contributed by atoms with Crippen LogP contribution in [0.3, 0.4) is 0 Å². The van der Waals surface area contributed by atoms with Crippen LogP contribution in [-0.4, -0.2) is 160 Å². The first-order valence-electron chi connectivity index (χ1n) is 34.0. The van der Waals surface area contributed by atoms with Gasteiger partial charge in [0.1, 0.15) is 59.3 Å². The third-order valence-electron chi connectivity index (χ3n) is 20.0. The lowest BCUT2D eigenvalue weighted by Gasteiger charge is -2.42. The van der Waals surface area contributed by atoms with E-state index in [4.69, 9.17) is 82.0 Å². The third-order valence-corrected chi connectivity index (χ3v) is 20.6. The van der Waals surface area contributed by atoms with Gasteiger partial charge in [-0.3, -0.25) is 29.8 Å². The molecule has 10 rings (SSSR count). The Bertz CT molecular complexity index is 3740. The molecule has 4 aromatic rings. The van der Waals surface area contributed by atoms with Gasteiger partial charge in [-0.05, 0) is 100 Å². The van der Waals surface area contributed by atoms with Gasteiger partial charge in [0.25, 0.3) is 0 Å². The number of aliphatic hydroxyl groups is 2. The summed E-state index contributed by atoms with van der Waals surface area (Å²) >= 11 is 13.5. The van der Waals surface area contributed by atoms with E-state index in [1.54, 1.807) is 131 Å². The molecule has 4 aromatic carbocycles. The van der Waals surface area contributed by atoms with Crippen molar-refractivity contribution in [2.75, 3.05) is 63.8 Å². The number of carbonyl (C=O) groups excluding carboxylic acids is 6. The number of methoxy groups -OCH3 is 4. The highest BCUT2D eigenvalue weighted by atomic mass is 35.5. The van der Waals surface area contributed by atoms with Crippen LogP contribution in [-0.2, 0) is 69.9 Å². The van der Waals surface area contributed by atoms with Gasteiger partial charge in [0.15, 0.2) is 11.4 Å². The number of ether oxygens (including phenoxy) is 10. The molecule has 0 aliphatic carbocycles. The number of rotatable bonds is 10. The Morgan fingerprint density at radius 3 is 1.28 bits per heavy atom. The summed E-state index contributed by atoms with van der Waals surface area (Å²) < 4.78 is 59.0. The number of amides is 4.